The van der Waals surface area contributed by atoms with Crippen molar-refractivity contribution in [3.8, 4) is 0 Å². The number of carboxylic acid groups (broad SMARTS) is 1. The zero-order chi connectivity index (χ0) is 13.0. The highest BCUT2D eigenvalue weighted by molar-refractivity contribution is 5.92. The Kier molecular flexibility index (Phi) is 3.57. The normalized spacial score (nSPS) is 10.2. The van der Waals surface area contributed by atoms with Gasteiger partial charge in [0.2, 0.25) is 5.91 Å². The Morgan fingerprint density at radius 3 is 2.44 bits per heavy atom. The van der Waals surface area contributed by atoms with Crippen molar-refractivity contribution >= 4 is 11.9 Å². The summed E-state index contributed by atoms with van der Waals surface area (Å²) >= 11 is 0. The summed E-state index contributed by atoms with van der Waals surface area (Å²) in [6.45, 7) is 0. The van der Waals surface area contributed by atoms with Crippen LogP contribution in [0, 0.1) is 0 Å². The highest BCUT2D eigenvalue weighted by Crippen LogP contribution is 2.07. The average Bonchev–Trinajstić information content (AvgIpc) is 2.86. The predicted molar refractivity (Wildman–Crippen MR) is 66.8 cm³/mol. The lowest BCUT2D eigenvalue weighted by Crippen LogP contribution is -2.16. The third kappa shape index (κ3) is 2.66. The van der Waals surface area contributed by atoms with Gasteiger partial charge in [0.05, 0.1) is 0 Å². The van der Waals surface area contributed by atoms with Crippen LogP contribution in [0.4, 0.5) is 0 Å². The Bertz CT molecular complexity index is 557. The van der Waals surface area contributed by atoms with Gasteiger partial charge < -0.3 is 5.11 Å². The molecule has 1 aromatic heterocycles. The molecule has 92 valence electrons. The predicted octanol–water partition coefficient (Wildman–Crippen LogP) is 2.46. The molecular weight excluding hydrogens is 230 g/mol. The van der Waals surface area contributed by atoms with E-state index in [-0.39, 0.29) is 11.6 Å². The number of rotatable bonds is 4. The van der Waals surface area contributed by atoms with Crippen LogP contribution in [0.5, 0.6) is 0 Å². The molecule has 4 heteroatoms. The van der Waals surface area contributed by atoms with Gasteiger partial charge >= 0.3 is 5.97 Å². The summed E-state index contributed by atoms with van der Waals surface area (Å²) in [4.78, 5) is 22.8. The molecule has 1 aromatic carbocycles. The molecule has 0 unspecified atom stereocenters. The quantitative estimate of drug-likeness (QED) is 0.897. The maximum Gasteiger partial charge on any atom is 0.352 e. The van der Waals surface area contributed by atoms with Gasteiger partial charge in [-0.15, -0.1) is 0 Å². The van der Waals surface area contributed by atoms with Gasteiger partial charge in [0, 0.05) is 12.6 Å². The van der Waals surface area contributed by atoms with Crippen molar-refractivity contribution in [1.82, 2.24) is 4.57 Å². The van der Waals surface area contributed by atoms with Crippen LogP contribution in [0.15, 0.2) is 48.7 Å². The van der Waals surface area contributed by atoms with Gasteiger partial charge in [-0.3, -0.25) is 9.36 Å². The maximum absolute atomic E-state index is 11.9. The van der Waals surface area contributed by atoms with Crippen LogP contribution in [0.3, 0.4) is 0 Å². The van der Waals surface area contributed by atoms with Crippen molar-refractivity contribution < 1.29 is 14.7 Å². The van der Waals surface area contributed by atoms with E-state index in [2.05, 4.69) is 0 Å². The second-order valence-corrected chi connectivity index (χ2v) is 3.95. The second kappa shape index (κ2) is 5.31. The molecule has 2 aromatic rings. The Labute approximate surface area is 104 Å². The molecular formula is C14H13NO3. The molecule has 1 N–H and O–H groups in total. The molecule has 0 saturated heterocycles. The Balaban J connectivity index is 2.04. The molecule has 0 radical (unpaired) electrons. The SMILES string of the molecule is O=C(O)c1cccn1C(=O)CCc1ccccc1. The van der Waals surface area contributed by atoms with Crippen LogP contribution in [0.25, 0.3) is 0 Å². The summed E-state index contributed by atoms with van der Waals surface area (Å²) in [5, 5.41) is 8.92. The van der Waals surface area contributed by atoms with E-state index >= 15 is 0 Å². The number of carbonyl (C=O) groups is 2. The van der Waals surface area contributed by atoms with Crippen molar-refractivity contribution in [1.29, 1.82) is 0 Å². The zero-order valence-electron chi connectivity index (χ0n) is 9.74. The number of aryl methyl sites for hydroxylation is 1. The van der Waals surface area contributed by atoms with Gasteiger partial charge in [-0.2, -0.15) is 0 Å². The van der Waals surface area contributed by atoms with E-state index in [1.807, 2.05) is 30.3 Å². The first-order valence-corrected chi connectivity index (χ1v) is 5.66. The Morgan fingerprint density at radius 1 is 1.06 bits per heavy atom. The van der Waals surface area contributed by atoms with E-state index in [0.717, 1.165) is 5.56 Å². The number of hydrogen-bond donors (Lipinski definition) is 1. The molecule has 0 aliphatic rings. The summed E-state index contributed by atoms with van der Waals surface area (Å²) in [6, 6.07) is 12.6. The van der Waals surface area contributed by atoms with E-state index in [1.54, 1.807) is 6.07 Å². The molecule has 0 aliphatic heterocycles. The van der Waals surface area contributed by atoms with E-state index in [4.69, 9.17) is 5.11 Å². The topological polar surface area (TPSA) is 59.3 Å². The molecule has 0 amide bonds. The lowest BCUT2D eigenvalue weighted by Gasteiger charge is -2.05. The fraction of sp³-hybridized carbons (Fsp3) is 0.143. The molecule has 0 saturated carbocycles. The van der Waals surface area contributed by atoms with E-state index in [9.17, 15) is 9.59 Å². The number of aromatic carboxylic acids is 1. The summed E-state index contributed by atoms with van der Waals surface area (Å²) in [7, 11) is 0. The van der Waals surface area contributed by atoms with Crippen LogP contribution in [-0.2, 0) is 6.42 Å². The number of carbonyl (C=O) groups excluding carboxylic acids is 1. The minimum Gasteiger partial charge on any atom is -0.477 e. The van der Waals surface area contributed by atoms with Gasteiger partial charge in [-0.25, -0.2) is 4.79 Å². The lowest BCUT2D eigenvalue weighted by atomic mass is 10.1. The first-order chi connectivity index (χ1) is 8.68. The first-order valence-electron chi connectivity index (χ1n) is 5.66. The number of benzene rings is 1. The number of nitrogens with zero attached hydrogens (tertiary/aromatic N) is 1. The number of hydrogen-bond acceptors (Lipinski definition) is 2. The number of aromatic nitrogens is 1. The largest absolute Gasteiger partial charge is 0.477 e. The molecule has 4 nitrogen and oxygen atoms in total. The third-order valence-corrected chi connectivity index (χ3v) is 2.71. The van der Waals surface area contributed by atoms with Crippen molar-refractivity contribution in [3.63, 3.8) is 0 Å². The summed E-state index contributed by atoms with van der Waals surface area (Å²) in [6.07, 6.45) is 2.38. The molecule has 2 rings (SSSR count). The van der Waals surface area contributed by atoms with Crippen LogP contribution in [0.1, 0.15) is 27.3 Å². The minimum atomic E-state index is -1.09. The van der Waals surface area contributed by atoms with Gasteiger partial charge in [0.25, 0.3) is 0 Å². The van der Waals surface area contributed by atoms with Gasteiger partial charge in [0.15, 0.2) is 0 Å². The van der Waals surface area contributed by atoms with E-state index in [0.29, 0.717) is 12.8 Å². The van der Waals surface area contributed by atoms with Gasteiger partial charge in [-0.1, -0.05) is 30.3 Å². The molecule has 0 fully saturated rings. The average molecular weight is 243 g/mol. The Morgan fingerprint density at radius 2 is 1.78 bits per heavy atom. The monoisotopic (exact) mass is 243 g/mol. The van der Waals surface area contributed by atoms with Gasteiger partial charge in [0.1, 0.15) is 5.69 Å². The Hall–Kier alpha value is -2.36. The van der Waals surface area contributed by atoms with E-state index in [1.165, 1.54) is 16.8 Å². The number of carboxylic acids is 1. The van der Waals surface area contributed by atoms with Crippen molar-refractivity contribution in [2.24, 2.45) is 0 Å². The molecule has 0 aliphatic carbocycles. The zero-order valence-corrected chi connectivity index (χ0v) is 9.74. The standard InChI is InChI=1S/C14H13NO3/c16-13(9-8-11-5-2-1-3-6-11)15-10-4-7-12(15)14(17)18/h1-7,10H,8-9H2,(H,17,18). The maximum atomic E-state index is 11.9. The molecule has 1 heterocycles. The highest BCUT2D eigenvalue weighted by Gasteiger charge is 2.14. The molecule has 18 heavy (non-hydrogen) atoms. The lowest BCUT2D eigenvalue weighted by molar-refractivity contribution is 0.0672. The van der Waals surface area contributed by atoms with Crippen LogP contribution >= 0.6 is 0 Å². The van der Waals surface area contributed by atoms with Crippen LogP contribution < -0.4 is 0 Å². The first kappa shape index (κ1) is 12.1. The summed E-state index contributed by atoms with van der Waals surface area (Å²) < 4.78 is 1.19. The van der Waals surface area contributed by atoms with Crippen LogP contribution in [-0.4, -0.2) is 21.6 Å². The summed E-state index contributed by atoms with van der Waals surface area (Å²) in [5.74, 6) is -1.30. The smallest absolute Gasteiger partial charge is 0.352 e. The van der Waals surface area contributed by atoms with Crippen molar-refractivity contribution in [2.75, 3.05) is 0 Å². The van der Waals surface area contributed by atoms with Crippen LogP contribution in [0.2, 0.25) is 0 Å². The van der Waals surface area contributed by atoms with Crippen molar-refractivity contribution in [2.45, 2.75) is 12.8 Å². The van der Waals surface area contributed by atoms with E-state index < -0.39 is 5.97 Å². The van der Waals surface area contributed by atoms with Gasteiger partial charge in [-0.05, 0) is 24.1 Å². The molecule has 0 bridgehead atoms. The molecule has 0 atom stereocenters. The molecule has 0 spiro atoms. The highest BCUT2D eigenvalue weighted by atomic mass is 16.4. The fourth-order valence-corrected chi connectivity index (χ4v) is 1.79. The summed E-state index contributed by atoms with van der Waals surface area (Å²) in [5.41, 5.74) is 1.07. The third-order valence-electron chi connectivity index (χ3n) is 2.71. The van der Waals surface area contributed by atoms with Crippen molar-refractivity contribution in [3.05, 3.63) is 59.9 Å². The minimum absolute atomic E-state index is 0.00746. The fourth-order valence-electron chi connectivity index (χ4n) is 1.79. The second-order valence-electron chi connectivity index (χ2n) is 3.95.